The van der Waals surface area contributed by atoms with Crippen molar-refractivity contribution in [2.75, 3.05) is 19.7 Å². The lowest BCUT2D eigenvalue weighted by molar-refractivity contribution is -0.248. The predicted molar refractivity (Wildman–Crippen MR) is 160 cm³/mol. The molecule has 0 spiro atoms. The van der Waals surface area contributed by atoms with Crippen LogP contribution in [0.3, 0.4) is 0 Å². The second-order valence-electron chi connectivity index (χ2n) is 12.0. The number of aliphatic hydroxyl groups is 2. The molecular weight excluding hydrogens is 602 g/mol. The van der Waals surface area contributed by atoms with Gasteiger partial charge in [-0.3, -0.25) is 14.4 Å². The summed E-state index contributed by atoms with van der Waals surface area (Å²) in [5, 5.41) is 50.2. The Hall–Kier alpha value is -4.08. The van der Waals surface area contributed by atoms with Crippen LogP contribution in [-0.4, -0.2) is 93.8 Å². The van der Waals surface area contributed by atoms with Gasteiger partial charge in [0.05, 0.1) is 29.4 Å². The lowest BCUT2D eigenvalue weighted by Gasteiger charge is -2.42. The molecule has 2 amide bonds. The lowest BCUT2D eigenvalue weighted by atomic mass is 9.73. The summed E-state index contributed by atoms with van der Waals surface area (Å²) in [7, 11) is 0. The molecule has 6 atom stereocenters. The average Bonchev–Trinajstić information content (AvgIpc) is 3.02. The Bertz CT molecular complexity index is 1530. The van der Waals surface area contributed by atoms with Crippen molar-refractivity contribution in [2.24, 2.45) is 5.73 Å². The maximum absolute atomic E-state index is 13.5. The maximum atomic E-state index is 13.5. The van der Waals surface area contributed by atoms with Gasteiger partial charge < -0.3 is 51.0 Å². The van der Waals surface area contributed by atoms with Crippen LogP contribution < -0.4 is 16.4 Å². The third-order valence-corrected chi connectivity index (χ3v) is 8.59. The summed E-state index contributed by atoms with van der Waals surface area (Å²) in [5.74, 6) is -2.80. The van der Waals surface area contributed by atoms with Crippen LogP contribution in [-0.2, 0) is 25.4 Å². The van der Waals surface area contributed by atoms with Gasteiger partial charge >= 0.3 is 6.09 Å². The van der Waals surface area contributed by atoms with Crippen LogP contribution in [0, 0.1) is 0 Å². The van der Waals surface area contributed by atoms with E-state index >= 15 is 0 Å². The van der Waals surface area contributed by atoms with Crippen LogP contribution in [0.15, 0.2) is 24.3 Å². The molecule has 14 heteroatoms. The largest absolute Gasteiger partial charge is 0.507 e. The SMILES string of the molecule is CCCNC(=O)CCNC(=O)OCC1(O)Cc2c(O)c3c(c(O)c2[C@@H](O[C@H]2C[C@H](N)[C@@H](O)[C@@H](C)O2)C1)C(=O)c1ccccc1C3=O. The number of carbonyl (C=O) groups excluding carboxylic acids is 4. The lowest BCUT2D eigenvalue weighted by Crippen LogP contribution is -2.52. The highest BCUT2D eigenvalue weighted by Gasteiger charge is 2.48. The number of benzene rings is 2. The first-order chi connectivity index (χ1) is 21.8. The number of hydrogen-bond acceptors (Lipinski definition) is 12. The fourth-order valence-corrected chi connectivity index (χ4v) is 6.22. The summed E-state index contributed by atoms with van der Waals surface area (Å²) in [5.41, 5.74) is 3.42. The molecule has 248 valence electrons. The molecule has 1 fully saturated rings. The Morgan fingerprint density at radius 1 is 1.07 bits per heavy atom. The van der Waals surface area contributed by atoms with Crippen LogP contribution >= 0.6 is 0 Å². The molecule has 1 heterocycles. The van der Waals surface area contributed by atoms with Crippen LogP contribution in [0.2, 0.25) is 0 Å². The number of alkyl carbamates (subject to hydrolysis) is 1. The third-order valence-electron chi connectivity index (χ3n) is 8.59. The van der Waals surface area contributed by atoms with Gasteiger partial charge in [0.15, 0.2) is 17.9 Å². The van der Waals surface area contributed by atoms with E-state index in [1.54, 1.807) is 19.1 Å². The minimum atomic E-state index is -1.88. The normalized spacial score (nSPS) is 26.8. The van der Waals surface area contributed by atoms with E-state index in [4.69, 9.17) is 19.9 Å². The van der Waals surface area contributed by atoms with Crippen LogP contribution in [0.1, 0.15) is 88.6 Å². The third kappa shape index (κ3) is 6.44. The molecule has 8 N–H and O–H groups in total. The van der Waals surface area contributed by atoms with E-state index in [2.05, 4.69) is 10.6 Å². The quantitative estimate of drug-likeness (QED) is 0.163. The molecule has 1 aliphatic heterocycles. The first-order valence-corrected chi connectivity index (χ1v) is 15.3. The number of amides is 2. The minimum absolute atomic E-state index is 0.0108. The Kier molecular flexibility index (Phi) is 9.65. The van der Waals surface area contributed by atoms with Crippen LogP contribution in [0.5, 0.6) is 11.5 Å². The second-order valence-corrected chi connectivity index (χ2v) is 12.0. The highest BCUT2D eigenvalue weighted by molar-refractivity contribution is 6.30. The number of nitrogens with one attached hydrogen (secondary N) is 2. The highest BCUT2D eigenvalue weighted by Crippen LogP contribution is 2.51. The van der Waals surface area contributed by atoms with Gasteiger partial charge in [0, 0.05) is 67.1 Å². The highest BCUT2D eigenvalue weighted by atomic mass is 16.7. The number of hydrogen-bond donors (Lipinski definition) is 7. The molecule has 46 heavy (non-hydrogen) atoms. The fraction of sp³-hybridized carbons (Fsp3) is 0.500. The van der Waals surface area contributed by atoms with Gasteiger partial charge in [0.25, 0.3) is 0 Å². The molecule has 5 rings (SSSR count). The van der Waals surface area contributed by atoms with Gasteiger partial charge in [-0.25, -0.2) is 4.79 Å². The summed E-state index contributed by atoms with van der Waals surface area (Å²) in [6.07, 6.45) is -4.68. The van der Waals surface area contributed by atoms with Crippen LogP contribution in [0.4, 0.5) is 4.79 Å². The monoisotopic (exact) mass is 641 g/mol. The molecule has 2 aromatic carbocycles. The number of carbonyl (C=O) groups is 4. The second kappa shape index (κ2) is 13.3. The van der Waals surface area contributed by atoms with E-state index < -0.39 is 77.6 Å². The van der Waals surface area contributed by atoms with Gasteiger partial charge in [-0.15, -0.1) is 0 Å². The minimum Gasteiger partial charge on any atom is -0.507 e. The summed E-state index contributed by atoms with van der Waals surface area (Å²) >= 11 is 0. The molecular formula is C32H39N3O11. The summed E-state index contributed by atoms with van der Waals surface area (Å²) in [6, 6.07) is 5.32. The van der Waals surface area contributed by atoms with Gasteiger partial charge in [0.1, 0.15) is 23.7 Å². The number of aromatic hydroxyl groups is 2. The van der Waals surface area contributed by atoms with Crippen molar-refractivity contribution in [2.45, 2.75) is 82.2 Å². The topological polar surface area (TPSA) is 227 Å². The van der Waals surface area contributed by atoms with Gasteiger partial charge in [-0.2, -0.15) is 0 Å². The number of nitrogens with two attached hydrogens (primary N) is 1. The molecule has 14 nitrogen and oxygen atoms in total. The predicted octanol–water partition coefficient (Wildman–Crippen LogP) is 1.07. The maximum Gasteiger partial charge on any atom is 0.407 e. The zero-order valence-corrected chi connectivity index (χ0v) is 25.6. The van der Waals surface area contributed by atoms with Gasteiger partial charge in [-0.1, -0.05) is 31.2 Å². The average molecular weight is 642 g/mol. The number of aliphatic hydroxyl groups excluding tert-OH is 1. The molecule has 0 radical (unpaired) electrons. The molecule has 0 bridgehead atoms. The number of rotatable bonds is 9. The van der Waals surface area contributed by atoms with Crippen molar-refractivity contribution in [1.29, 1.82) is 0 Å². The Balaban J connectivity index is 1.45. The molecule has 2 aliphatic carbocycles. The number of phenols is 2. The molecule has 2 aromatic rings. The molecule has 0 saturated carbocycles. The van der Waals surface area contributed by atoms with Crippen molar-refractivity contribution in [3.63, 3.8) is 0 Å². The van der Waals surface area contributed by atoms with Crippen LogP contribution in [0.25, 0.3) is 0 Å². The van der Waals surface area contributed by atoms with Crippen molar-refractivity contribution in [1.82, 2.24) is 10.6 Å². The fourth-order valence-electron chi connectivity index (χ4n) is 6.22. The Labute approximate surface area is 264 Å². The number of ketones is 2. The summed E-state index contributed by atoms with van der Waals surface area (Å²) in [4.78, 5) is 51.3. The summed E-state index contributed by atoms with van der Waals surface area (Å²) in [6.45, 7) is 3.42. The van der Waals surface area contributed by atoms with Gasteiger partial charge in [-0.05, 0) is 13.3 Å². The molecule has 0 aromatic heterocycles. The zero-order chi connectivity index (χ0) is 33.3. The van der Waals surface area contributed by atoms with Crippen molar-refractivity contribution >= 4 is 23.6 Å². The smallest absolute Gasteiger partial charge is 0.407 e. The van der Waals surface area contributed by atoms with Crippen molar-refractivity contribution in [3.05, 3.63) is 57.6 Å². The van der Waals surface area contributed by atoms with E-state index in [0.717, 1.165) is 6.42 Å². The van der Waals surface area contributed by atoms with E-state index in [9.17, 15) is 39.6 Å². The molecule has 1 saturated heterocycles. The van der Waals surface area contributed by atoms with Crippen molar-refractivity contribution < 1.29 is 53.8 Å². The Morgan fingerprint density at radius 2 is 1.72 bits per heavy atom. The first-order valence-electron chi connectivity index (χ1n) is 15.3. The first kappa shape index (κ1) is 33.3. The standard InChI is InChI=1S/C32H39N3O11/c1-3-9-34-21(36)8-10-35-31(42)44-14-32(43)12-18-23(20(13-32)46-22-11-19(33)26(37)15(2)45-22)30(41)25-24(29(18)40)27(38)16-6-4-5-7-17(16)28(25)39/h4-7,15,19-20,22,26,37,40-41,43H,3,8-14,33H2,1-2H3,(H,34,36)(H,35,42)/t15-,19+,20+,22+,26+,32?/m1/s1. The van der Waals surface area contributed by atoms with Gasteiger partial charge in [0.2, 0.25) is 5.91 Å². The van der Waals surface area contributed by atoms with E-state index in [1.807, 2.05) is 6.92 Å². The Morgan fingerprint density at radius 3 is 2.35 bits per heavy atom. The van der Waals surface area contributed by atoms with Crippen molar-refractivity contribution in [3.8, 4) is 11.5 Å². The number of ether oxygens (including phenoxy) is 3. The number of phenolic OH excluding ortho intramolecular Hbond substituents is 2. The number of fused-ring (bicyclic) bond motifs is 3. The zero-order valence-electron chi connectivity index (χ0n) is 25.6. The molecule has 1 unspecified atom stereocenters. The summed E-state index contributed by atoms with van der Waals surface area (Å²) < 4.78 is 17.3. The molecule has 3 aliphatic rings. The van der Waals surface area contributed by atoms with E-state index in [0.29, 0.717) is 6.54 Å². The van der Waals surface area contributed by atoms with E-state index in [1.165, 1.54) is 12.1 Å². The van der Waals surface area contributed by atoms with E-state index in [-0.39, 0.29) is 66.0 Å².